The van der Waals surface area contributed by atoms with E-state index in [0.29, 0.717) is 25.0 Å². The van der Waals surface area contributed by atoms with Crippen molar-refractivity contribution in [3.8, 4) is 11.5 Å². The van der Waals surface area contributed by atoms with Crippen LogP contribution in [-0.4, -0.2) is 45.5 Å². The Morgan fingerprint density at radius 1 is 1.13 bits per heavy atom. The molecule has 1 heterocycles. The summed E-state index contributed by atoms with van der Waals surface area (Å²) in [6, 6.07) is 5.97. The molecule has 2 rings (SSSR count). The first kappa shape index (κ1) is 25.5. The van der Waals surface area contributed by atoms with E-state index in [9.17, 15) is 4.79 Å². The van der Waals surface area contributed by atoms with Crippen LogP contribution in [0, 0.1) is 23.7 Å². The van der Waals surface area contributed by atoms with Gasteiger partial charge >= 0.3 is 5.97 Å². The van der Waals surface area contributed by atoms with Gasteiger partial charge in [0.1, 0.15) is 6.10 Å². The Morgan fingerprint density at radius 2 is 1.87 bits per heavy atom. The van der Waals surface area contributed by atoms with E-state index >= 15 is 0 Å². The predicted octanol–water partition coefficient (Wildman–Crippen LogP) is 4.23. The third kappa shape index (κ3) is 7.39. The topological polar surface area (TPSA) is 80.0 Å². The van der Waals surface area contributed by atoms with Crippen LogP contribution in [0.4, 0.5) is 0 Å². The van der Waals surface area contributed by atoms with E-state index in [2.05, 4.69) is 39.8 Å². The van der Waals surface area contributed by atoms with Crippen molar-refractivity contribution in [3.05, 3.63) is 23.8 Å². The highest BCUT2D eigenvalue weighted by Gasteiger charge is 2.39. The number of hydrogen-bond donors (Lipinski definition) is 1. The molecule has 0 aliphatic carbocycles. The molecule has 31 heavy (non-hydrogen) atoms. The van der Waals surface area contributed by atoms with Crippen molar-refractivity contribution in [1.82, 2.24) is 0 Å². The minimum atomic E-state index is -0.184. The van der Waals surface area contributed by atoms with Gasteiger partial charge in [0.2, 0.25) is 0 Å². The van der Waals surface area contributed by atoms with Gasteiger partial charge in [-0.2, -0.15) is 0 Å². The summed E-state index contributed by atoms with van der Waals surface area (Å²) in [7, 11) is 3.34. The highest BCUT2D eigenvalue weighted by atomic mass is 16.6. The van der Waals surface area contributed by atoms with E-state index in [1.165, 1.54) is 5.56 Å². The molecule has 6 nitrogen and oxygen atoms in total. The molecule has 1 aromatic rings. The number of nitrogens with two attached hydrogens (primary N) is 1. The van der Waals surface area contributed by atoms with Gasteiger partial charge in [0.05, 0.1) is 19.6 Å². The first-order chi connectivity index (χ1) is 14.8. The van der Waals surface area contributed by atoms with Crippen molar-refractivity contribution in [2.75, 3.05) is 27.4 Å². The summed E-state index contributed by atoms with van der Waals surface area (Å²) in [5.74, 6) is 2.48. The number of esters is 1. The number of carbonyl (C=O) groups excluding carboxylic acids is 1. The molecule has 6 heteroatoms. The van der Waals surface area contributed by atoms with E-state index in [4.69, 9.17) is 24.7 Å². The summed E-state index contributed by atoms with van der Waals surface area (Å²) in [4.78, 5) is 12.2. The normalized spacial score (nSPS) is 20.7. The van der Waals surface area contributed by atoms with Crippen LogP contribution in [0.15, 0.2) is 18.2 Å². The summed E-state index contributed by atoms with van der Waals surface area (Å²) in [6.07, 6.45) is 3.07. The van der Waals surface area contributed by atoms with Gasteiger partial charge in [-0.25, -0.2) is 0 Å². The first-order valence-corrected chi connectivity index (χ1v) is 11.5. The maximum absolute atomic E-state index is 12.2. The summed E-state index contributed by atoms with van der Waals surface area (Å²) in [6.45, 7) is 9.82. The van der Waals surface area contributed by atoms with Crippen LogP contribution in [0.5, 0.6) is 11.5 Å². The highest BCUT2D eigenvalue weighted by Crippen LogP contribution is 2.34. The Balaban J connectivity index is 2.03. The third-order valence-electron chi connectivity index (χ3n) is 6.33. The molecule has 1 aliphatic heterocycles. The quantitative estimate of drug-likeness (QED) is 0.369. The van der Waals surface area contributed by atoms with E-state index in [1.54, 1.807) is 14.2 Å². The zero-order chi connectivity index (χ0) is 23.0. The van der Waals surface area contributed by atoms with Crippen LogP contribution >= 0.6 is 0 Å². The van der Waals surface area contributed by atoms with Crippen LogP contribution < -0.4 is 15.2 Å². The number of ether oxygens (including phenoxy) is 4. The van der Waals surface area contributed by atoms with Crippen molar-refractivity contribution in [3.63, 3.8) is 0 Å². The molecule has 1 aromatic carbocycles. The van der Waals surface area contributed by atoms with Gasteiger partial charge in [-0.15, -0.1) is 0 Å². The molecular weight excluding hydrogens is 394 g/mol. The number of methoxy groups -OCH3 is 2. The average Bonchev–Trinajstić information content (AvgIpc) is 3.13. The van der Waals surface area contributed by atoms with E-state index in [-0.39, 0.29) is 30.0 Å². The summed E-state index contributed by atoms with van der Waals surface area (Å²) >= 11 is 0. The second-order valence-electron chi connectivity index (χ2n) is 9.35. The first-order valence-electron chi connectivity index (χ1n) is 11.5. The summed E-state index contributed by atoms with van der Waals surface area (Å²) in [5.41, 5.74) is 7.72. The molecule has 1 fully saturated rings. The summed E-state index contributed by atoms with van der Waals surface area (Å²) < 4.78 is 22.1. The monoisotopic (exact) mass is 435 g/mol. The molecule has 0 amide bonds. The van der Waals surface area contributed by atoms with E-state index in [1.807, 2.05) is 6.07 Å². The van der Waals surface area contributed by atoms with Gasteiger partial charge in [-0.05, 0) is 54.7 Å². The van der Waals surface area contributed by atoms with Crippen LogP contribution in [0.2, 0.25) is 0 Å². The molecule has 0 saturated carbocycles. The lowest BCUT2D eigenvalue weighted by atomic mass is 9.82. The van der Waals surface area contributed by atoms with Gasteiger partial charge in [0, 0.05) is 26.2 Å². The van der Waals surface area contributed by atoms with E-state index in [0.717, 1.165) is 37.2 Å². The maximum Gasteiger partial charge on any atom is 0.309 e. The van der Waals surface area contributed by atoms with Gasteiger partial charge in [0.15, 0.2) is 11.5 Å². The van der Waals surface area contributed by atoms with Crippen molar-refractivity contribution in [1.29, 1.82) is 0 Å². The Bertz CT molecular complexity index is 690. The number of hydrogen-bond acceptors (Lipinski definition) is 6. The zero-order valence-corrected chi connectivity index (χ0v) is 20.1. The molecule has 0 spiro atoms. The number of carbonyl (C=O) groups is 1. The second kappa shape index (κ2) is 12.3. The van der Waals surface area contributed by atoms with Crippen LogP contribution in [-0.2, 0) is 20.7 Å². The Kier molecular flexibility index (Phi) is 10.1. The van der Waals surface area contributed by atoms with Crippen LogP contribution in [0.1, 0.15) is 52.5 Å². The van der Waals surface area contributed by atoms with Crippen molar-refractivity contribution < 1.29 is 23.7 Å². The number of rotatable bonds is 13. The standard InChI is InChI=1S/C25H41NO5/c1-16(2)19(14-21(26)23-15-20(17(3)4)25(27)31-23)12-18-8-9-22(29-6)24(13-18)30-11-7-10-28-5/h8-9,13,16-17,19-21,23H,7,10-12,14-15,26H2,1-6H3/t19-,20-,21-,23+/m0/s1. The van der Waals surface area contributed by atoms with E-state index < -0.39 is 0 Å². The lowest BCUT2D eigenvalue weighted by Crippen LogP contribution is -2.37. The van der Waals surface area contributed by atoms with Crippen LogP contribution in [0.3, 0.4) is 0 Å². The molecule has 0 radical (unpaired) electrons. The molecule has 1 aliphatic rings. The van der Waals surface area contributed by atoms with Gasteiger partial charge in [-0.1, -0.05) is 33.8 Å². The summed E-state index contributed by atoms with van der Waals surface area (Å²) in [5, 5.41) is 0. The Labute approximate surface area is 187 Å². The van der Waals surface area contributed by atoms with Crippen molar-refractivity contribution in [2.24, 2.45) is 29.4 Å². The van der Waals surface area contributed by atoms with Gasteiger partial charge in [0.25, 0.3) is 0 Å². The van der Waals surface area contributed by atoms with Crippen molar-refractivity contribution >= 4 is 5.97 Å². The SMILES string of the molecule is COCCCOc1cc(C[C@@H](C[C@H](N)[C@H]2C[C@@H](C(C)C)C(=O)O2)C(C)C)ccc1OC. The second-order valence-corrected chi connectivity index (χ2v) is 9.35. The predicted molar refractivity (Wildman–Crippen MR) is 122 cm³/mol. The maximum atomic E-state index is 12.2. The Morgan fingerprint density at radius 3 is 2.45 bits per heavy atom. The minimum absolute atomic E-state index is 0.0343. The Hall–Kier alpha value is -1.79. The molecule has 4 atom stereocenters. The molecular formula is C25H41NO5. The fraction of sp³-hybridized carbons (Fsp3) is 0.720. The fourth-order valence-electron chi connectivity index (χ4n) is 4.18. The molecule has 0 bridgehead atoms. The highest BCUT2D eigenvalue weighted by molar-refractivity contribution is 5.75. The minimum Gasteiger partial charge on any atom is -0.493 e. The molecule has 176 valence electrons. The lowest BCUT2D eigenvalue weighted by molar-refractivity contribution is -0.146. The van der Waals surface area contributed by atoms with Gasteiger partial charge in [-0.3, -0.25) is 4.79 Å². The molecule has 1 saturated heterocycles. The van der Waals surface area contributed by atoms with Crippen molar-refractivity contribution in [2.45, 2.75) is 65.5 Å². The molecule has 2 N–H and O–H groups in total. The molecule has 0 aromatic heterocycles. The van der Waals surface area contributed by atoms with Crippen LogP contribution in [0.25, 0.3) is 0 Å². The third-order valence-corrected chi connectivity index (χ3v) is 6.33. The number of cyclic esters (lactones) is 1. The largest absolute Gasteiger partial charge is 0.493 e. The fourth-order valence-corrected chi connectivity index (χ4v) is 4.18. The smallest absolute Gasteiger partial charge is 0.309 e. The molecule has 0 unspecified atom stereocenters. The number of benzene rings is 1. The average molecular weight is 436 g/mol. The zero-order valence-electron chi connectivity index (χ0n) is 20.1. The van der Waals surface area contributed by atoms with Gasteiger partial charge < -0.3 is 24.7 Å². The lowest BCUT2D eigenvalue weighted by Gasteiger charge is -2.27.